The van der Waals surface area contributed by atoms with E-state index in [1.165, 1.54) is 12.6 Å². The number of benzene rings is 2. The molecule has 2 N–H and O–H groups in total. The zero-order valence-electron chi connectivity index (χ0n) is 15.3. The van der Waals surface area contributed by atoms with Crippen LogP contribution in [-0.2, 0) is 9.53 Å². The summed E-state index contributed by atoms with van der Waals surface area (Å²) in [5.41, 5.74) is 2.47. The molecular weight excluding hydrogens is 396 g/mol. The highest BCUT2D eigenvalue weighted by Gasteiger charge is 2.19. The highest BCUT2D eigenvalue weighted by atomic mass is 32.2. The molecule has 0 aliphatic carbocycles. The lowest BCUT2D eigenvalue weighted by molar-refractivity contribution is -0.119. The first-order valence-electron chi connectivity index (χ1n) is 8.69. The van der Waals surface area contributed by atoms with Gasteiger partial charge in [-0.2, -0.15) is 0 Å². The third-order valence-corrected chi connectivity index (χ3v) is 7.11. The zero-order valence-corrected chi connectivity index (χ0v) is 16.9. The minimum absolute atomic E-state index is 0.250. The number of carbonyl (C=O) groups excluding carboxylic acids is 3. The smallest absolute Gasteiger partial charge is 0.338 e. The molecule has 2 aromatic rings. The van der Waals surface area contributed by atoms with E-state index in [4.69, 9.17) is 4.74 Å². The Balaban J connectivity index is 1.51. The number of esters is 1. The van der Waals surface area contributed by atoms with E-state index in [2.05, 4.69) is 10.6 Å². The zero-order chi connectivity index (χ0) is 19.9. The van der Waals surface area contributed by atoms with Crippen LogP contribution in [-0.4, -0.2) is 42.9 Å². The van der Waals surface area contributed by atoms with Crippen molar-refractivity contribution in [3.8, 4) is 0 Å². The van der Waals surface area contributed by atoms with Gasteiger partial charge in [-0.25, -0.2) is 4.79 Å². The Hall–Kier alpha value is -2.45. The average Bonchev–Trinajstić information content (AvgIpc) is 3.26. The van der Waals surface area contributed by atoms with Crippen molar-refractivity contribution in [2.75, 3.05) is 30.5 Å². The van der Waals surface area contributed by atoms with Crippen molar-refractivity contribution in [2.45, 2.75) is 4.58 Å². The Labute approximate surface area is 171 Å². The molecule has 1 saturated heterocycles. The first kappa shape index (κ1) is 20.3. The fourth-order valence-electron chi connectivity index (χ4n) is 2.62. The molecule has 2 aromatic carbocycles. The van der Waals surface area contributed by atoms with Gasteiger partial charge in [0.1, 0.15) is 0 Å². The van der Waals surface area contributed by atoms with Crippen LogP contribution in [0.5, 0.6) is 0 Å². The van der Waals surface area contributed by atoms with E-state index in [9.17, 15) is 14.4 Å². The van der Waals surface area contributed by atoms with E-state index >= 15 is 0 Å². The van der Waals surface area contributed by atoms with Gasteiger partial charge in [-0.3, -0.25) is 9.59 Å². The molecule has 0 radical (unpaired) electrons. The molecule has 1 fully saturated rings. The molecule has 1 aliphatic heterocycles. The summed E-state index contributed by atoms with van der Waals surface area (Å²) in [6.45, 7) is -0.404. The fraction of sp³-hybridized carbons (Fsp3) is 0.250. The summed E-state index contributed by atoms with van der Waals surface area (Å²) in [7, 11) is 1.53. The number of hydrogen-bond acceptors (Lipinski definition) is 6. The Morgan fingerprint density at radius 1 is 1.04 bits per heavy atom. The van der Waals surface area contributed by atoms with Crippen molar-refractivity contribution in [1.82, 2.24) is 5.32 Å². The quantitative estimate of drug-likeness (QED) is 0.703. The molecule has 0 unspecified atom stereocenters. The van der Waals surface area contributed by atoms with Gasteiger partial charge in [0.25, 0.3) is 11.8 Å². The fourth-order valence-corrected chi connectivity index (χ4v) is 5.48. The second-order valence-corrected chi connectivity index (χ2v) is 8.70. The van der Waals surface area contributed by atoms with E-state index in [1.54, 1.807) is 36.4 Å². The number of rotatable bonds is 6. The van der Waals surface area contributed by atoms with Crippen LogP contribution in [0.2, 0.25) is 0 Å². The molecule has 0 aromatic heterocycles. The van der Waals surface area contributed by atoms with E-state index in [0.29, 0.717) is 21.4 Å². The summed E-state index contributed by atoms with van der Waals surface area (Å²) in [5, 5.41) is 5.13. The maximum atomic E-state index is 12.2. The lowest BCUT2D eigenvalue weighted by Crippen LogP contribution is -2.22. The van der Waals surface area contributed by atoms with Crippen molar-refractivity contribution in [2.24, 2.45) is 0 Å². The highest BCUT2D eigenvalue weighted by Crippen LogP contribution is 2.45. The summed E-state index contributed by atoms with van der Waals surface area (Å²) in [6, 6.07) is 13.8. The molecule has 2 amide bonds. The molecule has 0 atom stereocenters. The van der Waals surface area contributed by atoms with Crippen LogP contribution in [0.15, 0.2) is 48.5 Å². The number of anilines is 1. The highest BCUT2D eigenvalue weighted by molar-refractivity contribution is 8.19. The second kappa shape index (κ2) is 9.66. The molecule has 8 heteroatoms. The molecule has 146 valence electrons. The number of thioether (sulfide) groups is 2. The van der Waals surface area contributed by atoms with Gasteiger partial charge in [0.15, 0.2) is 6.61 Å². The lowest BCUT2D eigenvalue weighted by Gasteiger charge is -2.10. The number of hydrogen-bond donors (Lipinski definition) is 2. The molecule has 1 aliphatic rings. The number of ether oxygens (including phenoxy) is 1. The second-order valence-electron chi connectivity index (χ2n) is 5.98. The molecule has 28 heavy (non-hydrogen) atoms. The van der Waals surface area contributed by atoms with Crippen LogP contribution in [0, 0.1) is 0 Å². The van der Waals surface area contributed by atoms with Crippen LogP contribution < -0.4 is 10.6 Å². The third-order valence-electron chi connectivity index (χ3n) is 4.01. The van der Waals surface area contributed by atoms with Crippen molar-refractivity contribution >= 4 is 47.0 Å². The summed E-state index contributed by atoms with van der Waals surface area (Å²) < 4.78 is 5.50. The van der Waals surface area contributed by atoms with Crippen LogP contribution in [0.3, 0.4) is 0 Å². The van der Waals surface area contributed by atoms with Crippen molar-refractivity contribution in [3.63, 3.8) is 0 Å². The van der Waals surface area contributed by atoms with Gasteiger partial charge in [-0.15, -0.1) is 23.5 Å². The van der Waals surface area contributed by atoms with E-state index in [1.807, 2.05) is 35.7 Å². The Bertz CT molecular complexity index is 865. The normalized spacial score (nSPS) is 13.8. The Morgan fingerprint density at radius 3 is 2.43 bits per heavy atom. The topological polar surface area (TPSA) is 84.5 Å². The third kappa shape index (κ3) is 5.30. The molecule has 6 nitrogen and oxygen atoms in total. The Kier molecular flexibility index (Phi) is 7.00. The van der Waals surface area contributed by atoms with Gasteiger partial charge >= 0.3 is 5.97 Å². The molecule has 0 bridgehead atoms. The lowest BCUT2D eigenvalue weighted by atomic mass is 10.1. The van der Waals surface area contributed by atoms with Crippen LogP contribution in [0.4, 0.5) is 5.69 Å². The molecule has 0 saturated carbocycles. The van der Waals surface area contributed by atoms with Gasteiger partial charge in [-0.05, 0) is 35.9 Å². The van der Waals surface area contributed by atoms with E-state index in [-0.39, 0.29) is 5.91 Å². The van der Waals surface area contributed by atoms with Gasteiger partial charge < -0.3 is 15.4 Å². The summed E-state index contributed by atoms with van der Waals surface area (Å²) in [4.78, 5) is 35.8. The predicted octanol–water partition coefficient (Wildman–Crippen LogP) is 3.32. The minimum atomic E-state index is -0.549. The summed E-state index contributed by atoms with van der Waals surface area (Å²) in [6.07, 6.45) is 0. The van der Waals surface area contributed by atoms with Crippen molar-refractivity contribution < 1.29 is 19.1 Å². The van der Waals surface area contributed by atoms with Crippen molar-refractivity contribution in [3.05, 3.63) is 65.2 Å². The van der Waals surface area contributed by atoms with E-state index < -0.39 is 18.5 Å². The van der Waals surface area contributed by atoms with Gasteiger partial charge in [0.05, 0.1) is 10.1 Å². The largest absolute Gasteiger partial charge is 0.452 e. The number of nitrogens with one attached hydrogen (secondary N) is 2. The summed E-state index contributed by atoms with van der Waals surface area (Å²) >= 11 is 3.80. The number of amides is 2. The van der Waals surface area contributed by atoms with Crippen molar-refractivity contribution in [1.29, 1.82) is 0 Å². The average molecular weight is 417 g/mol. The van der Waals surface area contributed by atoms with Crippen LogP contribution in [0.25, 0.3) is 0 Å². The van der Waals surface area contributed by atoms with Crippen LogP contribution >= 0.6 is 23.5 Å². The number of carbonyl (C=O) groups is 3. The molecule has 0 spiro atoms. The maximum absolute atomic E-state index is 12.2. The Morgan fingerprint density at radius 2 is 1.75 bits per heavy atom. The molecule has 3 rings (SSSR count). The summed E-state index contributed by atoms with van der Waals surface area (Å²) in [5.74, 6) is 1.01. The minimum Gasteiger partial charge on any atom is -0.452 e. The molecule has 1 heterocycles. The van der Waals surface area contributed by atoms with Gasteiger partial charge in [0, 0.05) is 29.8 Å². The first-order chi connectivity index (χ1) is 13.6. The molecular formula is C20H20N2O4S2. The first-order valence-corrected chi connectivity index (χ1v) is 10.8. The van der Waals surface area contributed by atoms with E-state index in [0.717, 1.165) is 11.5 Å². The van der Waals surface area contributed by atoms with Gasteiger partial charge in [0.2, 0.25) is 0 Å². The predicted molar refractivity (Wildman–Crippen MR) is 113 cm³/mol. The van der Waals surface area contributed by atoms with Crippen LogP contribution in [0.1, 0.15) is 30.9 Å². The monoisotopic (exact) mass is 416 g/mol. The van der Waals surface area contributed by atoms with Gasteiger partial charge in [-0.1, -0.05) is 18.2 Å². The SMILES string of the molecule is CNC(=O)c1cccc(NC(=O)COC(=O)c2ccc(C3SCCS3)cc2)c1. The standard InChI is InChI=1S/C20H20N2O4S2/c1-21-18(24)15-3-2-4-16(11-15)22-17(23)12-26-19(25)13-5-7-14(8-6-13)20-27-9-10-28-20/h2-8,11,20H,9-10,12H2,1H3,(H,21,24)(H,22,23). The maximum Gasteiger partial charge on any atom is 0.338 e.